The first kappa shape index (κ1) is 27.9. The Balaban J connectivity index is 1.38. The average molecular weight is 547 g/mol. The van der Waals surface area contributed by atoms with Crippen LogP contribution in [0.25, 0.3) is 16.7 Å². The van der Waals surface area contributed by atoms with Crippen LogP contribution in [0.5, 0.6) is 0 Å². The molecule has 9 heteroatoms. The number of hydrogen-bond acceptors (Lipinski definition) is 6. The summed E-state index contributed by atoms with van der Waals surface area (Å²) in [6.45, 7) is 4.72. The van der Waals surface area contributed by atoms with Crippen molar-refractivity contribution in [1.82, 2.24) is 19.8 Å². The number of aromatic nitrogens is 2. The van der Waals surface area contributed by atoms with Crippen molar-refractivity contribution in [2.45, 2.75) is 45.2 Å². The summed E-state index contributed by atoms with van der Waals surface area (Å²) in [4.78, 5) is 26.6. The summed E-state index contributed by atoms with van der Waals surface area (Å²) in [6, 6.07) is 11.9. The van der Waals surface area contributed by atoms with Crippen molar-refractivity contribution < 1.29 is 13.6 Å². The summed E-state index contributed by atoms with van der Waals surface area (Å²) in [7, 11) is 3.98. The van der Waals surface area contributed by atoms with Crippen molar-refractivity contribution >= 4 is 22.9 Å². The van der Waals surface area contributed by atoms with Gasteiger partial charge in [0.05, 0.1) is 17.6 Å². The third kappa shape index (κ3) is 6.54. The second-order valence-corrected chi connectivity index (χ2v) is 10.9. The minimum absolute atomic E-state index is 0.106. The number of benzene rings is 1. The fraction of sp³-hybridized carbons (Fsp3) is 0.387. The van der Waals surface area contributed by atoms with Crippen molar-refractivity contribution in [3.8, 4) is 11.1 Å². The number of fused-ring (bicyclic) bond motifs is 1. The van der Waals surface area contributed by atoms with Gasteiger partial charge in [-0.15, -0.1) is 0 Å². The normalized spacial score (nSPS) is 16.9. The SMILES string of the molecule is CCC1=C(C(=O)Nc2ccc(CN(C)C)nc2)c2cc(-c3cncc(CN4CCC(F)(F)CC4)c3)ccc2NC1. The highest BCUT2D eigenvalue weighted by molar-refractivity contribution is 6.28. The van der Waals surface area contributed by atoms with E-state index in [0.29, 0.717) is 37.4 Å². The van der Waals surface area contributed by atoms with Gasteiger partial charge in [-0.1, -0.05) is 13.0 Å². The smallest absolute Gasteiger partial charge is 0.256 e. The highest BCUT2D eigenvalue weighted by Gasteiger charge is 2.33. The van der Waals surface area contributed by atoms with Crippen LogP contribution >= 0.6 is 0 Å². The molecule has 3 aromatic rings. The Labute approximate surface area is 234 Å². The number of hydrogen-bond donors (Lipinski definition) is 2. The molecule has 1 fully saturated rings. The third-order valence-electron chi connectivity index (χ3n) is 7.47. The number of nitrogens with one attached hydrogen (secondary N) is 2. The van der Waals surface area contributed by atoms with Crippen LogP contribution in [-0.4, -0.2) is 65.3 Å². The second kappa shape index (κ2) is 11.8. The average Bonchev–Trinajstić information content (AvgIpc) is 2.94. The molecule has 1 amide bonds. The number of nitrogens with zero attached hydrogens (tertiary/aromatic N) is 4. The quantitative estimate of drug-likeness (QED) is 0.380. The summed E-state index contributed by atoms with van der Waals surface area (Å²) >= 11 is 0. The van der Waals surface area contributed by atoms with Gasteiger partial charge in [-0.05, 0) is 67.5 Å². The maximum atomic E-state index is 13.6. The van der Waals surface area contributed by atoms with E-state index in [1.807, 2.05) is 49.3 Å². The largest absolute Gasteiger partial charge is 0.381 e. The third-order valence-corrected chi connectivity index (χ3v) is 7.47. The molecular formula is C31H36F2N6O. The van der Waals surface area contributed by atoms with Gasteiger partial charge in [0, 0.05) is 80.3 Å². The predicted octanol–water partition coefficient (Wildman–Crippen LogP) is 5.66. The number of halogens is 2. The van der Waals surface area contributed by atoms with Crippen molar-refractivity contribution in [2.24, 2.45) is 0 Å². The molecule has 40 heavy (non-hydrogen) atoms. The van der Waals surface area contributed by atoms with Crippen LogP contribution in [0.3, 0.4) is 0 Å². The van der Waals surface area contributed by atoms with Crippen molar-refractivity contribution in [3.05, 3.63) is 77.4 Å². The van der Waals surface area contributed by atoms with Crippen LogP contribution in [0, 0.1) is 0 Å². The van der Waals surface area contributed by atoms with Crippen molar-refractivity contribution in [3.63, 3.8) is 0 Å². The van der Waals surface area contributed by atoms with E-state index >= 15 is 0 Å². The van der Waals surface area contributed by atoms with E-state index in [-0.39, 0.29) is 18.7 Å². The Morgan fingerprint density at radius 1 is 1.07 bits per heavy atom. The fourth-order valence-electron chi connectivity index (χ4n) is 5.29. The minimum atomic E-state index is -2.56. The molecule has 2 aliphatic rings. The van der Waals surface area contributed by atoms with Crippen LogP contribution in [-0.2, 0) is 17.9 Å². The molecular weight excluding hydrogens is 510 g/mol. The molecule has 4 heterocycles. The van der Waals surface area contributed by atoms with E-state index < -0.39 is 5.92 Å². The van der Waals surface area contributed by atoms with Gasteiger partial charge in [-0.2, -0.15) is 0 Å². The molecule has 0 radical (unpaired) electrons. The minimum Gasteiger partial charge on any atom is -0.381 e. The summed E-state index contributed by atoms with van der Waals surface area (Å²) in [5.74, 6) is -2.72. The predicted molar refractivity (Wildman–Crippen MR) is 155 cm³/mol. The Morgan fingerprint density at radius 3 is 2.58 bits per heavy atom. The molecule has 0 saturated carbocycles. The highest BCUT2D eigenvalue weighted by atomic mass is 19.3. The Hall–Kier alpha value is -3.69. The molecule has 5 rings (SSSR count). The zero-order valence-corrected chi connectivity index (χ0v) is 23.3. The zero-order chi connectivity index (χ0) is 28.3. The molecule has 1 aromatic carbocycles. The molecule has 1 saturated heterocycles. The molecule has 0 spiro atoms. The number of alkyl halides is 2. The first-order valence-electron chi connectivity index (χ1n) is 13.8. The van der Waals surface area contributed by atoms with E-state index in [9.17, 15) is 13.6 Å². The first-order valence-corrected chi connectivity index (χ1v) is 13.8. The van der Waals surface area contributed by atoms with E-state index in [0.717, 1.165) is 52.2 Å². The lowest BCUT2D eigenvalue weighted by molar-refractivity contribution is -0.111. The monoisotopic (exact) mass is 546 g/mol. The Kier molecular flexibility index (Phi) is 8.23. The topological polar surface area (TPSA) is 73.4 Å². The molecule has 2 N–H and O–H groups in total. The molecule has 210 valence electrons. The van der Waals surface area contributed by atoms with Gasteiger partial charge in [0.2, 0.25) is 0 Å². The highest BCUT2D eigenvalue weighted by Crippen LogP contribution is 2.36. The van der Waals surface area contributed by atoms with Crippen LogP contribution < -0.4 is 10.6 Å². The molecule has 0 aliphatic carbocycles. The Morgan fingerprint density at radius 2 is 1.88 bits per heavy atom. The van der Waals surface area contributed by atoms with E-state index in [1.54, 1.807) is 18.6 Å². The molecule has 2 aromatic heterocycles. The van der Waals surface area contributed by atoms with Gasteiger partial charge in [-0.3, -0.25) is 19.7 Å². The molecule has 0 atom stereocenters. The van der Waals surface area contributed by atoms with Crippen LogP contribution in [0.2, 0.25) is 0 Å². The lowest BCUT2D eigenvalue weighted by Crippen LogP contribution is -2.38. The lowest BCUT2D eigenvalue weighted by atomic mass is 9.90. The molecule has 0 bridgehead atoms. The summed E-state index contributed by atoms with van der Waals surface area (Å²) < 4.78 is 27.2. The lowest BCUT2D eigenvalue weighted by Gasteiger charge is -2.31. The first-order chi connectivity index (χ1) is 19.2. The second-order valence-electron chi connectivity index (χ2n) is 10.9. The zero-order valence-electron chi connectivity index (χ0n) is 23.3. The van der Waals surface area contributed by atoms with Crippen molar-refractivity contribution in [1.29, 1.82) is 0 Å². The number of amides is 1. The maximum Gasteiger partial charge on any atom is 0.256 e. The van der Waals surface area contributed by atoms with Crippen LogP contribution in [0.1, 0.15) is 43.0 Å². The van der Waals surface area contributed by atoms with E-state index in [2.05, 4.69) is 38.5 Å². The van der Waals surface area contributed by atoms with Crippen LogP contribution in [0.15, 0.2) is 60.6 Å². The fourth-order valence-corrected chi connectivity index (χ4v) is 5.29. The van der Waals surface area contributed by atoms with Crippen molar-refractivity contribution in [2.75, 3.05) is 44.4 Å². The molecule has 2 aliphatic heterocycles. The van der Waals surface area contributed by atoms with Gasteiger partial charge >= 0.3 is 0 Å². The Bertz CT molecular complexity index is 1390. The number of carbonyl (C=O) groups excluding carboxylic acids is 1. The molecule has 0 unspecified atom stereocenters. The number of piperidine rings is 1. The van der Waals surface area contributed by atoms with Gasteiger partial charge in [0.15, 0.2) is 0 Å². The molecule has 7 nitrogen and oxygen atoms in total. The number of rotatable bonds is 8. The maximum absolute atomic E-state index is 13.6. The standard InChI is InChI=1S/C31H36F2N6O/c1-4-22-17-36-28-8-5-23(24-13-21(15-34-16-24)19-39-11-9-31(32,33)10-12-39)14-27(28)29(22)30(40)37-25-6-7-26(35-18-25)20-38(2)3/h5-8,13-16,18,36H,4,9-12,17,19-20H2,1-3H3,(H,37,40). The number of anilines is 2. The van der Waals surface area contributed by atoms with Crippen LogP contribution in [0.4, 0.5) is 20.2 Å². The summed E-state index contributed by atoms with van der Waals surface area (Å²) in [6.07, 6.45) is 5.82. The number of pyridine rings is 2. The van der Waals surface area contributed by atoms with Gasteiger partial charge in [0.1, 0.15) is 0 Å². The summed E-state index contributed by atoms with van der Waals surface area (Å²) in [5, 5.41) is 6.50. The van der Waals surface area contributed by atoms with E-state index in [1.165, 1.54) is 0 Å². The summed E-state index contributed by atoms with van der Waals surface area (Å²) in [5.41, 5.74) is 7.89. The number of likely N-dealkylation sites (tertiary alicyclic amines) is 1. The number of carbonyl (C=O) groups is 1. The van der Waals surface area contributed by atoms with Gasteiger partial charge in [0.25, 0.3) is 11.8 Å². The van der Waals surface area contributed by atoms with Gasteiger partial charge < -0.3 is 15.5 Å². The van der Waals surface area contributed by atoms with Gasteiger partial charge in [-0.25, -0.2) is 8.78 Å². The van der Waals surface area contributed by atoms with E-state index in [4.69, 9.17) is 0 Å².